The highest BCUT2D eigenvalue weighted by Crippen LogP contribution is 2.35. The molecule has 7 heteroatoms. The van der Waals surface area contributed by atoms with Crippen molar-refractivity contribution in [1.29, 1.82) is 0 Å². The summed E-state index contributed by atoms with van der Waals surface area (Å²) in [5.74, 6) is -0.507. The van der Waals surface area contributed by atoms with Crippen LogP contribution in [0.15, 0.2) is 23.1 Å². The van der Waals surface area contributed by atoms with Crippen LogP contribution in [0.25, 0.3) is 0 Å². The minimum Gasteiger partial charge on any atom is -0.379 e. The molecule has 0 radical (unpaired) electrons. The highest BCUT2D eigenvalue weighted by molar-refractivity contribution is 7.89. The van der Waals surface area contributed by atoms with Crippen molar-refractivity contribution in [3.63, 3.8) is 0 Å². The van der Waals surface area contributed by atoms with Crippen LogP contribution in [0, 0.1) is 12.7 Å². The van der Waals surface area contributed by atoms with Gasteiger partial charge >= 0.3 is 0 Å². The maximum atomic E-state index is 13.7. The normalized spacial score (nSPS) is 29.5. The van der Waals surface area contributed by atoms with Gasteiger partial charge in [0.1, 0.15) is 11.9 Å². The monoisotopic (exact) mass is 329 g/mol. The molecule has 1 heterocycles. The number of aryl methyl sites for hydroxylation is 1. The molecule has 0 spiro atoms. The minimum atomic E-state index is -3.73. The summed E-state index contributed by atoms with van der Waals surface area (Å²) in [5, 5.41) is 0. The predicted molar refractivity (Wildman–Crippen MR) is 78.6 cm³/mol. The van der Waals surface area contributed by atoms with E-state index >= 15 is 0 Å². The molecular formula is C15H20FNO4S. The number of nitrogens with zero attached hydrogens (tertiary/aromatic N) is 1. The Morgan fingerprint density at radius 2 is 2.14 bits per heavy atom. The summed E-state index contributed by atoms with van der Waals surface area (Å²) in [5.41, 5.74) is 0.430. The highest BCUT2D eigenvalue weighted by atomic mass is 32.2. The first-order valence-corrected chi connectivity index (χ1v) is 8.81. The molecule has 5 nitrogen and oxygen atoms in total. The number of sulfonamides is 1. The van der Waals surface area contributed by atoms with Crippen molar-refractivity contribution < 1.29 is 22.3 Å². The summed E-state index contributed by atoms with van der Waals surface area (Å²) in [7, 11) is -2.12. The summed E-state index contributed by atoms with van der Waals surface area (Å²) in [6.07, 6.45) is 1.12. The molecule has 3 rings (SSSR count). The van der Waals surface area contributed by atoms with Crippen molar-refractivity contribution in [1.82, 2.24) is 4.31 Å². The van der Waals surface area contributed by atoms with Crippen LogP contribution in [0.4, 0.5) is 4.39 Å². The van der Waals surface area contributed by atoms with E-state index in [1.807, 2.05) is 0 Å². The standard InChI is InChI=1S/C15H20FNO4S/c1-10-3-4-11(9-12(10)16)22(18,19)17-7-8-21-15-13(17)5-6-14(15)20-2/h3-4,9,13-15H,5-8H2,1-2H3/t13-,14-,15+/m0/s1. The molecule has 0 bridgehead atoms. The third-order valence-corrected chi connectivity index (χ3v) is 6.46. The van der Waals surface area contributed by atoms with Gasteiger partial charge in [0.15, 0.2) is 0 Å². The molecule has 1 aliphatic carbocycles. The lowest BCUT2D eigenvalue weighted by Crippen LogP contribution is -2.53. The van der Waals surface area contributed by atoms with Crippen LogP contribution >= 0.6 is 0 Å². The molecule has 122 valence electrons. The van der Waals surface area contributed by atoms with Crippen molar-refractivity contribution >= 4 is 10.0 Å². The van der Waals surface area contributed by atoms with Gasteiger partial charge in [-0.3, -0.25) is 0 Å². The Labute approximate surface area is 130 Å². The number of hydrogen-bond acceptors (Lipinski definition) is 4. The van der Waals surface area contributed by atoms with E-state index < -0.39 is 15.8 Å². The maximum Gasteiger partial charge on any atom is 0.243 e. The van der Waals surface area contributed by atoms with Gasteiger partial charge in [-0.15, -0.1) is 0 Å². The third-order valence-electron chi connectivity index (χ3n) is 4.54. The quantitative estimate of drug-likeness (QED) is 0.847. The Bertz CT molecular complexity index is 664. The van der Waals surface area contributed by atoms with Crippen LogP contribution in [-0.2, 0) is 19.5 Å². The molecule has 0 amide bonds. The van der Waals surface area contributed by atoms with Crippen molar-refractivity contribution in [2.75, 3.05) is 20.3 Å². The van der Waals surface area contributed by atoms with Crippen molar-refractivity contribution in [3.8, 4) is 0 Å². The second-order valence-electron chi connectivity index (χ2n) is 5.78. The fourth-order valence-electron chi connectivity index (χ4n) is 3.30. The minimum absolute atomic E-state index is 0.00267. The summed E-state index contributed by atoms with van der Waals surface area (Å²) >= 11 is 0. The van der Waals surface area contributed by atoms with Crippen LogP contribution in [-0.4, -0.2) is 51.2 Å². The molecule has 22 heavy (non-hydrogen) atoms. The van der Waals surface area contributed by atoms with E-state index in [9.17, 15) is 12.8 Å². The molecule has 2 fully saturated rings. The molecule has 0 aromatic heterocycles. The maximum absolute atomic E-state index is 13.7. The van der Waals surface area contributed by atoms with E-state index in [0.717, 1.165) is 12.5 Å². The van der Waals surface area contributed by atoms with Gasteiger partial charge in [0, 0.05) is 13.7 Å². The van der Waals surface area contributed by atoms with Crippen molar-refractivity contribution in [2.45, 2.75) is 42.9 Å². The largest absolute Gasteiger partial charge is 0.379 e. The van der Waals surface area contributed by atoms with Crippen molar-refractivity contribution in [3.05, 3.63) is 29.6 Å². The smallest absolute Gasteiger partial charge is 0.243 e. The van der Waals surface area contributed by atoms with Crippen molar-refractivity contribution in [2.24, 2.45) is 0 Å². The molecule has 1 saturated heterocycles. The van der Waals surface area contributed by atoms with Crippen LogP contribution in [0.1, 0.15) is 18.4 Å². The van der Waals surface area contributed by atoms with Gasteiger partial charge in [0.25, 0.3) is 0 Å². The average molecular weight is 329 g/mol. The molecule has 3 atom stereocenters. The fourth-order valence-corrected chi connectivity index (χ4v) is 4.96. The Balaban J connectivity index is 1.93. The number of methoxy groups -OCH3 is 1. The zero-order chi connectivity index (χ0) is 15.9. The Kier molecular flexibility index (Phi) is 4.24. The van der Waals surface area contributed by atoms with Gasteiger partial charge in [-0.25, -0.2) is 12.8 Å². The van der Waals surface area contributed by atoms with Crippen LogP contribution in [0.5, 0.6) is 0 Å². The third kappa shape index (κ3) is 2.56. The van der Waals surface area contributed by atoms with Gasteiger partial charge in [-0.1, -0.05) is 6.07 Å². The zero-order valence-electron chi connectivity index (χ0n) is 12.7. The van der Waals surface area contributed by atoms with E-state index in [2.05, 4.69) is 0 Å². The summed E-state index contributed by atoms with van der Waals surface area (Å²) in [4.78, 5) is -0.00267. The second-order valence-corrected chi connectivity index (χ2v) is 7.67. The molecule has 0 unspecified atom stereocenters. The molecule has 1 aromatic rings. The summed E-state index contributed by atoms with van der Waals surface area (Å²) in [6, 6.07) is 3.80. The fraction of sp³-hybridized carbons (Fsp3) is 0.600. The van der Waals surface area contributed by atoms with E-state index in [-0.39, 0.29) is 29.7 Å². The number of halogens is 1. The number of benzene rings is 1. The molecule has 2 aliphatic rings. The van der Waals surface area contributed by atoms with Crippen LogP contribution in [0.2, 0.25) is 0 Å². The second kappa shape index (κ2) is 5.88. The Morgan fingerprint density at radius 1 is 1.36 bits per heavy atom. The van der Waals surface area contributed by atoms with Gasteiger partial charge < -0.3 is 9.47 Å². The van der Waals surface area contributed by atoms with E-state index in [4.69, 9.17) is 9.47 Å². The van der Waals surface area contributed by atoms with Gasteiger partial charge in [0.2, 0.25) is 10.0 Å². The Hall–Kier alpha value is -1.02. The van der Waals surface area contributed by atoms with Gasteiger partial charge in [-0.2, -0.15) is 4.31 Å². The first-order chi connectivity index (χ1) is 10.4. The first-order valence-electron chi connectivity index (χ1n) is 7.37. The number of ether oxygens (including phenoxy) is 2. The van der Waals surface area contributed by atoms with E-state index in [1.54, 1.807) is 14.0 Å². The molecule has 0 N–H and O–H groups in total. The first kappa shape index (κ1) is 15.9. The molecule has 1 saturated carbocycles. The number of hydrogen-bond donors (Lipinski definition) is 0. The molecular weight excluding hydrogens is 309 g/mol. The number of fused-ring (bicyclic) bond motifs is 1. The van der Waals surface area contributed by atoms with Crippen LogP contribution < -0.4 is 0 Å². The average Bonchev–Trinajstić information content (AvgIpc) is 2.92. The number of rotatable bonds is 3. The lowest BCUT2D eigenvalue weighted by Gasteiger charge is -2.37. The van der Waals surface area contributed by atoms with Gasteiger partial charge in [-0.05, 0) is 37.5 Å². The van der Waals surface area contributed by atoms with Gasteiger partial charge in [0.05, 0.1) is 23.6 Å². The molecule has 1 aromatic carbocycles. The summed E-state index contributed by atoms with van der Waals surface area (Å²) in [6.45, 7) is 2.22. The zero-order valence-corrected chi connectivity index (χ0v) is 13.5. The lowest BCUT2D eigenvalue weighted by molar-refractivity contribution is -0.0848. The number of morpholine rings is 1. The predicted octanol–water partition coefficient (Wildman–Crippen LogP) is 1.70. The van der Waals surface area contributed by atoms with Crippen LogP contribution in [0.3, 0.4) is 0 Å². The topological polar surface area (TPSA) is 55.8 Å². The summed E-state index contributed by atoms with van der Waals surface area (Å²) < 4.78 is 52.0. The van der Waals surface area contributed by atoms with E-state index in [0.29, 0.717) is 18.6 Å². The lowest BCUT2D eigenvalue weighted by atomic mass is 10.2. The molecule has 1 aliphatic heterocycles. The Morgan fingerprint density at radius 3 is 2.82 bits per heavy atom. The van der Waals surface area contributed by atoms with E-state index in [1.165, 1.54) is 16.4 Å². The SMILES string of the molecule is CO[C@H]1CC[C@H]2[C@H]1OCCN2S(=O)(=O)c1ccc(C)c(F)c1. The highest BCUT2D eigenvalue weighted by Gasteiger charge is 2.47.